The Labute approximate surface area is 75.9 Å². The maximum atomic E-state index is 10.8. The minimum atomic E-state index is -0.896. The van der Waals surface area contributed by atoms with Crippen LogP contribution >= 0.6 is 0 Å². The Morgan fingerprint density at radius 1 is 1.46 bits per heavy atom. The highest BCUT2D eigenvalue weighted by Gasteiger charge is 2.22. The highest BCUT2D eigenvalue weighted by Crippen LogP contribution is 2.27. The van der Waals surface area contributed by atoms with Crippen LogP contribution in [0, 0.1) is 5.92 Å². The summed E-state index contributed by atoms with van der Waals surface area (Å²) in [6.45, 7) is 0. The van der Waals surface area contributed by atoms with Crippen LogP contribution in [0.5, 0.6) is 0 Å². The first-order valence-corrected chi connectivity index (χ1v) is 4.04. The predicted octanol–water partition coefficient (Wildman–Crippen LogP) is 1.83. The topological polar surface area (TPSA) is 37.3 Å². The Morgan fingerprint density at radius 2 is 2.31 bits per heavy atom. The molecule has 0 radical (unpaired) electrons. The molecule has 64 valence electrons. The Bertz CT molecular complexity index is 402. The lowest BCUT2D eigenvalue weighted by molar-refractivity contribution is -0.133. The molecule has 1 N–H and O–H groups in total. The van der Waals surface area contributed by atoms with Crippen LogP contribution in [0.15, 0.2) is 53.3 Å². The summed E-state index contributed by atoms with van der Waals surface area (Å²) in [6, 6.07) is 0. The van der Waals surface area contributed by atoms with Gasteiger partial charge in [0.05, 0.1) is 5.57 Å². The monoisotopic (exact) mass is 172 g/mol. The van der Waals surface area contributed by atoms with Crippen molar-refractivity contribution >= 4 is 5.97 Å². The van der Waals surface area contributed by atoms with E-state index in [1.54, 1.807) is 6.08 Å². The highest BCUT2D eigenvalue weighted by atomic mass is 16.4. The number of allylic oxidation sites excluding steroid dienone is 6. The van der Waals surface area contributed by atoms with E-state index in [1.807, 2.05) is 30.4 Å². The van der Waals surface area contributed by atoms with Gasteiger partial charge >= 0.3 is 5.97 Å². The molecule has 0 spiro atoms. The first kappa shape index (κ1) is 7.84. The fourth-order valence-corrected chi connectivity index (χ4v) is 1.49. The van der Waals surface area contributed by atoms with Crippen LogP contribution < -0.4 is 0 Å². The second kappa shape index (κ2) is 2.92. The molecule has 0 fully saturated rings. The summed E-state index contributed by atoms with van der Waals surface area (Å²) in [7, 11) is 0. The first-order valence-electron chi connectivity index (χ1n) is 4.04. The molecule has 2 aliphatic carbocycles. The quantitative estimate of drug-likeness (QED) is 0.613. The first-order chi connectivity index (χ1) is 6.29. The summed E-state index contributed by atoms with van der Waals surface area (Å²) in [4.78, 5) is 10.8. The van der Waals surface area contributed by atoms with E-state index in [2.05, 4.69) is 5.73 Å². The van der Waals surface area contributed by atoms with Crippen LogP contribution in [0.2, 0.25) is 0 Å². The lowest BCUT2D eigenvalue weighted by atomic mass is 9.85. The summed E-state index contributed by atoms with van der Waals surface area (Å²) in [5, 5.41) is 8.87. The van der Waals surface area contributed by atoms with E-state index in [0.29, 0.717) is 5.57 Å². The number of hydrogen-bond donors (Lipinski definition) is 1. The molecule has 0 bridgehead atoms. The van der Waals surface area contributed by atoms with Crippen molar-refractivity contribution in [2.45, 2.75) is 0 Å². The highest BCUT2D eigenvalue weighted by molar-refractivity contribution is 5.89. The maximum Gasteiger partial charge on any atom is 0.340 e. The molecule has 0 aromatic rings. The Morgan fingerprint density at radius 3 is 3.08 bits per heavy atom. The average Bonchev–Trinajstić information content (AvgIpc) is 2.17. The van der Waals surface area contributed by atoms with E-state index in [4.69, 9.17) is 5.11 Å². The summed E-state index contributed by atoms with van der Waals surface area (Å²) >= 11 is 0. The average molecular weight is 172 g/mol. The molecule has 1 atom stereocenters. The summed E-state index contributed by atoms with van der Waals surface area (Å²) < 4.78 is 0. The zero-order valence-electron chi connectivity index (χ0n) is 6.90. The SMILES string of the molecule is O=C(O)C1=C=CC=C2C=CC=CC12. The van der Waals surface area contributed by atoms with Gasteiger partial charge in [-0.05, 0) is 11.6 Å². The van der Waals surface area contributed by atoms with Gasteiger partial charge in [-0.25, -0.2) is 4.79 Å². The Hall–Kier alpha value is -1.79. The summed E-state index contributed by atoms with van der Waals surface area (Å²) in [5.41, 5.74) is 4.08. The van der Waals surface area contributed by atoms with E-state index in [0.717, 1.165) is 5.57 Å². The van der Waals surface area contributed by atoms with Crippen molar-refractivity contribution < 1.29 is 9.90 Å². The van der Waals surface area contributed by atoms with Crippen LogP contribution in [-0.2, 0) is 4.79 Å². The van der Waals surface area contributed by atoms with Crippen molar-refractivity contribution in [1.29, 1.82) is 0 Å². The van der Waals surface area contributed by atoms with Crippen molar-refractivity contribution in [2.24, 2.45) is 5.92 Å². The zero-order chi connectivity index (χ0) is 9.26. The van der Waals surface area contributed by atoms with Crippen LogP contribution in [0.1, 0.15) is 0 Å². The number of fused-ring (bicyclic) bond motifs is 1. The van der Waals surface area contributed by atoms with Crippen molar-refractivity contribution in [3.8, 4) is 0 Å². The molecule has 2 heteroatoms. The minimum absolute atomic E-state index is 0.118. The molecule has 0 aromatic carbocycles. The van der Waals surface area contributed by atoms with Crippen molar-refractivity contribution in [2.75, 3.05) is 0 Å². The van der Waals surface area contributed by atoms with Gasteiger partial charge in [0.2, 0.25) is 0 Å². The van der Waals surface area contributed by atoms with E-state index in [-0.39, 0.29) is 5.92 Å². The van der Waals surface area contributed by atoms with E-state index in [9.17, 15) is 4.79 Å². The van der Waals surface area contributed by atoms with Gasteiger partial charge in [-0.2, -0.15) is 0 Å². The van der Waals surface area contributed by atoms with Gasteiger partial charge in [0, 0.05) is 5.92 Å². The van der Waals surface area contributed by atoms with Crippen molar-refractivity contribution in [1.82, 2.24) is 0 Å². The van der Waals surface area contributed by atoms with Crippen molar-refractivity contribution in [3.63, 3.8) is 0 Å². The largest absolute Gasteiger partial charge is 0.477 e. The molecule has 0 saturated carbocycles. The van der Waals surface area contributed by atoms with E-state index >= 15 is 0 Å². The third-order valence-corrected chi connectivity index (χ3v) is 2.12. The number of hydrogen-bond acceptors (Lipinski definition) is 1. The van der Waals surface area contributed by atoms with Gasteiger partial charge in [-0.3, -0.25) is 0 Å². The second-order valence-electron chi connectivity index (χ2n) is 2.92. The number of rotatable bonds is 1. The summed E-state index contributed by atoms with van der Waals surface area (Å²) in [6.07, 6.45) is 11.1. The molecule has 0 heterocycles. The molecule has 1 unspecified atom stereocenters. The molecule has 0 amide bonds. The third kappa shape index (κ3) is 1.28. The number of carbonyl (C=O) groups is 1. The van der Waals surface area contributed by atoms with Gasteiger partial charge in [-0.1, -0.05) is 30.4 Å². The van der Waals surface area contributed by atoms with Gasteiger partial charge in [0.15, 0.2) is 0 Å². The van der Waals surface area contributed by atoms with Crippen molar-refractivity contribution in [3.05, 3.63) is 53.3 Å². The zero-order valence-corrected chi connectivity index (χ0v) is 6.90. The Balaban J connectivity index is 2.46. The number of carboxylic acids is 1. The van der Waals surface area contributed by atoms with Crippen LogP contribution in [0.3, 0.4) is 0 Å². The third-order valence-electron chi connectivity index (χ3n) is 2.12. The predicted molar refractivity (Wildman–Crippen MR) is 49.1 cm³/mol. The van der Waals surface area contributed by atoms with Gasteiger partial charge < -0.3 is 5.11 Å². The summed E-state index contributed by atoms with van der Waals surface area (Å²) in [5.74, 6) is -1.01. The standard InChI is InChI=1S/C11H8O2/c12-11(13)10-7-3-5-8-4-1-2-6-9(8)10/h1-6,9H,(H,12,13). The van der Waals surface area contributed by atoms with Crippen LogP contribution in [-0.4, -0.2) is 11.1 Å². The second-order valence-corrected chi connectivity index (χ2v) is 2.92. The minimum Gasteiger partial charge on any atom is -0.477 e. The smallest absolute Gasteiger partial charge is 0.340 e. The normalized spacial score (nSPS) is 23.5. The van der Waals surface area contributed by atoms with E-state index < -0.39 is 5.97 Å². The van der Waals surface area contributed by atoms with Gasteiger partial charge in [0.25, 0.3) is 0 Å². The van der Waals surface area contributed by atoms with Gasteiger partial charge in [-0.15, -0.1) is 5.73 Å². The number of carboxylic acid groups (broad SMARTS) is 1. The molecule has 0 aliphatic heterocycles. The molecular weight excluding hydrogens is 164 g/mol. The van der Waals surface area contributed by atoms with Crippen LogP contribution in [0.25, 0.3) is 0 Å². The molecular formula is C11H8O2. The Kier molecular flexibility index (Phi) is 1.76. The van der Waals surface area contributed by atoms with Crippen LogP contribution in [0.4, 0.5) is 0 Å². The van der Waals surface area contributed by atoms with E-state index in [1.165, 1.54) is 0 Å². The fraction of sp³-hybridized carbons (Fsp3) is 0.0909. The molecule has 2 rings (SSSR count). The van der Waals surface area contributed by atoms with Gasteiger partial charge in [0.1, 0.15) is 0 Å². The number of aliphatic carboxylic acids is 1. The molecule has 2 aliphatic rings. The maximum absolute atomic E-state index is 10.8. The fourth-order valence-electron chi connectivity index (χ4n) is 1.49. The lowest BCUT2D eigenvalue weighted by Gasteiger charge is -2.17. The molecule has 0 saturated heterocycles. The lowest BCUT2D eigenvalue weighted by Crippen LogP contribution is -2.14. The molecule has 2 nitrogen and oxygen atoms in total. The molecule has 13 heavy (non-hydrogen) atoms. The molecule has 0 aromatic heterocycles.